The molecule has 1 fully saturated rings. The molecule has 1 aliphatic rings. The van der Waals surface area contributed by atoms with Gasteiger partial charge in [0.1, 0.15) is 34.9 Å². The Morgan fingerprint density at radius 1 is 1.12 bits per heavy atom. The molecule has 1 saturated carbocycles. The molecule has 0 spiro atoms. The molecule has 2 aromatic carbocycles. The summed E-state index contributed by atoms with van der Waals surface area (Å²) in [5.74, 6) is -0.181. The number of H-pyrrole nitrogens is 1. The van der Waals surface area contributed by atoms with Crippen LogP contribution in [-0.2, 0) is 6.18 Å². The van der Waals surface area contributed by atoms with Crippen molar-refractivity contribution in [3.8, 4) is 28.7 Å². The van der Waals surface area contributed by atoms with E-state index in [9.17, 15) is 18.0 Å². The Hall–Kier alpha value is -4.81. The van der Waals surface area contributed by atoms with Crippen LogP contribution in [-0.4, -0.2) is 48.8 Å². The maximum absolute atomic E-state index is 15.0. The Balaban J connectivity index is 1.36. The Morgan fingerprint density at radius 3 is 2.69 bits per heavy atom. The summed E-state index contributed by atoms with van der Waals surface area (Å²) in [7, 11) is 1.30. The van der Waals surface area contributed by atoms with Gasteiger partial charge in [0.2, 0.25) is 0 Å². The highest BCUT2D eigenvalue weighted by molar-refractivity contribution is 5.97. The van der Waals surface area contributed by atoms with E-state index in [1.807, 2.05) is 10.6 Å². The average Bonchev–Trinajstić information content (AvgIpc) is 3.65. The minimum Gasteiger partial charge on any atom is -0.496 e. The molecule has 5 aromatic rings. The number of nitrogens with one attached hydrogen (secondary N) is 2. The fourth-order valence-corrected chi connectivity index (χ4v) is 5.51. The quantitative estimate of drug-likeness (QED) is 0.240. The number of nitrogens with zero attached hydrogens (tertiary/aromatic N) is 5. The minimum atomic E-state index is -4.61. The van der Waals surface area contributed by atoms with Gasteiger partial charge in [0.05, 0.1) is 35.5 Å². The van der Waals surface area contributed by atoms with E-state index in [2.05, 4.69) is 25.5 Å². The molecule has 0 radical (unpaired) electrons. The molecular weight excluding hydrogens is 554 g/mol. The number of carbonyl (C=O) groups is 1. The van der Waals surface area contributed by atoms with Crippen LogP contribution >= 0.6 is 0 Å². The van der Waals surface area contributed by atoms with Crippen LogP contribution in [0.4, 0.5) is 17.6 Å². The lowest BCUT2D eigenvalue weighted by Gasteiger charge is -2.32. The molecule has 1 amide bonds. The minimum absolute atomic E-state index is 0.0442. The number of imidazole rings is 1. The van der Waals surface area contributed by atoms with E-state index < -0.39 is 23.5 Å². The summed E-state index contributed by atoms with van der Waals surface area (Å²) in [6.45, 7) is 0. The molecule has 2 N–H and O–H groups in total. The van der Waals surface area contributed by atoms with Crippen LogP contribution in [0.25, 0.3) is 33.9 Å². The predicted octanol–water partition coefficient (Wildman–Crippen LogP) is 5.96. The molecular formula is C29H25F4N7O2. The first-order chi connectivity index (χ1) is 20.2. The highest BCUT2D eigenvalue weighted by atomic mass is 19.4. The summed E-state index contributed by atoms with van der Waals surface area (Å²) in [4.78, 5) is 26.6. The third-order valence-corrected chi connectivity index (χ3v) is 7.47. The van der Waals surface area contributed by atoms with Crippen molar-refractivity contribution < 1.29 is 27.1 Å². The van der Waals surface area contributed by atoms with Crippen molar-refractivity contribution in [1.82, 2.24) is 35.0 Å². The van der Waals surface area contributed by atoms with Crippen LogP contribution in [0.2, 0.25) is 0 Å². The maximum Gasteiger partial charge on any atom is 0.416 e. The van der Waals surface area contributed by atoms with Crippen LogP contribution in [0.3, 0.4) is 0 Å². The van der Waals surface area contributed by atoms with Crippen molar-refractivity contribution in [3.05, 3.63) is 78.0 Å². The Kier molecular flexibility index (Phi) is 7.09. The molecule has 9 nitrogen and oxygen atoms in total. The number of pyridine rings is 1. The molecule has 0 saturated heterocycles. The van der Waals surface area contributed by atoms with Crippen LogP contribution in [0, 0.1) is 5.82 Å². The second kappa shape index (κ2) is 10.9. The molecule has 1 aliphatic carbocycles. The zero-order valence-corrected chi connectivity index (χ0v) is 22.3. The summed E-state index contributed by atoms with van der Waals surface area (Å²) in [5.41, 5.74) is 0.957. The van der Waals surface area contributed by atoms with Gasteiger partial charge in [-0.3, -0.25) is 14.9 Å². The van der Waals surface area contributed by atoms with Crippen molar-refractivity contribution in [1.29, 1.82) is 0 Å². The Labute approximate surface area is 237 Å². The van der Waals surface area contributed by atoms with Crippen molar-refractivity contribution in [2.75, 3.05) is 7.11 Å². The number of ether oxygens (including phenoxy) is 1. The van der Waals surface area contributed by atoms with E-state index in [0.717, 1.165) is 18.2 Å². The molecule has 0 unspecified atom stereocenters. The fourth-order valence-electron chi connectivity index (χ4n) is 5.51. The SMILES string of the molecule is COc1ccc(C(F)(F)F)cc1C(=O)N[C@H]1CCC[C@@H](n2c(-c3ccccc3F)nc3cnc(-c4ncn[nH]4)cc32)C1. The number of carbonyl (C=O) groups excluding carboxylic acids is 1. The molecule has 42 heavy (non-hydrogen) atoms. The number of hydrogen-bond donors (Lipinski definition) is 2. The third kappa shape index (κ3) is 5.17. The first kappa shape index (κ1) is 27.4. The first-order valence-electron chi connectivity index (χ1n) is 13.3. The van der Waals surface area contributed by atoms with E-state index in [1.54, 1.807) is 24.4 Å². The lowest BCUT2D eigenvalue weighted by atomic mass is 9.90. The molecule has 216 valence electrons. The number of benzene rings is 2. The number of methoxy groups -OCH3 is 1. The van der Waals surface area contributed by atoms with Gasteiger partial charge in [-0.1, -0.05) is 12.1 Å². The van der Waals surface area contributed by atoms with Gasteiger partial charge < -0.3 is 14.6 Å². The van der Waals surface area contributed by atoms with Crippen LogP contribution in [0.15, 0.2) is 61.1 Å². The topological polar surface area (TPSA) is 111 Å². The zero-order chi connectivity index (χ0) is 29.4. The van der Waals surface area contributed by atoms with Gasteiger partial charge >= 0.3 is 6.18 Å². The third-order valence-electron chi connectivity index (χ3n) is 7.47. The van der Waals surface area contributed by atoms with Crippen LogP contribution in [0.5, 0.6) is 5.75 Å². The van der Waals surface area contributed by atoms with Gasteiger partial charge in [-0.05, 0) is 62.1 Å². The number of aromatic nitrogens is 6. The standard InChI is InChI=1S/C29H25F4N7O2/c1-42-25-10-9-16(29(31,32)33)11-20(25)28(41)37-17-5-4-6-18(12-17)40-24-13-22(26-35-15-36-39-26)34-14-23(24)38-27(40)19-7-2-3-8-21(19)30/h2-3,7-11,13-15,17-18H,4-6,12H2,1H3,(H,37,41)(H,35,36,39)/t17-,18+/m0/s1. The fraction of sp³-hybridized carbons (Fsp3) is 0.276. The van der Waals surface area contributed by atoms with Gasteiger partial charge in [0, 0.05) is 12.1 Å². The lowest BCUT2D eigenvalue weighted by Crippen LogP contribution is -2.39. The summed E-state index contributed by atoms with van der Waals surface area (Å²) < 4.78 is 62.3. The molecule has 3 heterocycles. The molecule has 3 aromatic heterocycles. The van der Waals surface area contributed by atoms with Gasteiger partial charge in [-0.25, -0.2) is 14.4 Å². The number of alkyl halides is 3. The van der Waals surface area contributed by atoms with Gasteiger partial charge in [0.25, 0.3) is 5.91 Å². The van der Waals surface area contributed by atoms with Gasteiger partial charge in [0.15, 0.2) is 5.82 Å². The first-order valence-corrected chi connectivity index (χ1v) is 13.3. The molecule has 0 aliphatic heterocycles. The van der Waals surface area contributed by atoms with Crippen molar-refractivity contribution >= 4 is 16.9 Å². The van der Waals surface area contributed by atoms with Crippen molar-refractivity contribution in [2.45, 2.75) is 43.9 Å². The number of aromatic amines is 1. The smallest absolute Gasteiger partial charge is 0.416 e. The number of halogens is 4. The average molecular weight is 580 g/mol. The summed E-state index contributed by atoms with van der Waals surface area (Å²) >= 11 is 0. The van der Waals surface area contributed by atoms with E-state index in [-0.39, 0.29) is 23.4 Å². The van der Waals surface area contributed by atoms with Crippen LogP contribution < -0.4 is 10.1 Å². The second-order valence-electron chi connectivity index (χ2n) is 10.1. The normalized spacial score (nSPS) is 17.4. The number of hydrogen-bond acceptors (Lipinski definition) is 6. The van der Waals surface area contributed by atoms with E-state index >= 15 is 4.39 Å². The Morgan fingerprint density at radius 2 is 1.95 bits per heavy atom. The summed E-state index contributed by atoms with van der Waals surface area (Å²) in [6, 6.07) is 10.4. The van der Waals surface area contributed by atoms with E-state index in [4.69, 9.17) is 9.72 Å². The number of rotatable bonds is 6. The van der Waals surface area contributed by atoms with Gasteiger partial charge in [-0.15, -0.1) is 0 Å². The highest BCUT2D eigenvalue weighted by Gasteiger charge is 2.33. The highest BCUT2D eigenvalue weighted by Crippen LogP contribution is 2.38. The number of fused-ring (bicyclic) bond motifs is 1. The lowest BCUT2D eigenvalue weighted by molar-refractivity contribution is -0.137. The van der Waals surface area contributed by atoms with Crippen molar-refractivity contribution in [3.63, 3.8) is 0 Å². The molecule has 0 bridgehead atoms. The van der Waals surface area contributed by atoms with E-state index in [1.165, 1.54) is 19.5 Å². The summed E-state index contributed by atoms with van der Waals surface area (Å²) in [5, 5.41) is 9.58. The molecule has 6 rings (SSSR count). The predicted molar refractivity (Wildman–Crippen MR) is 145 cm³/mol. The monoisotopic (exact) mass is 579 g/mol. The number of amides is 1. The zero-order valence-electron chi connectivity index (χ0n) is 22.3. The second-order valence-corrected chi connectivity index (χ2v) is 10.1. The molecule has 2 atom stereocenters. The van der Waals surface area contributed by atoms with Gasteiger partial charge in [-0.2, -0.15) is 18.3 Å². The molecule has 13 heteroatoms. The van der Waals surface area contributed by atoms with Crippen molar-refractivity contribution in [2.24, 2.45) is 0 Å². The van der Waals surface area contributed by atoms with Crippen LogP contribution in [0.1, 0.15) is 47.6 Å². The largest absolute Gasteiger partial charge is 0.496 e. The summed E-state index contributed by atoms with van der Waals surface area (Å²) in [6.07, 6.45) is 0.850. The van der Waals surface area contributed by atoms with E-state index in [0.29, 0.717) is 59.6 Å². The maximum atomic E-state index is 15.0. The Bertz CT molecular complexity index is 1750.